The molecule has 0 aliphatic heterocycles. The number of H-pyrrole nitrogens is 1. The average molecular weight is 299 g/mol. The number of amides is 1. The second-order valence-electron chi connectivity index (χ2n) is 4.94. The molecule has 21 heavy (non-hydrogen) atoms. The molecule has 5 heteroatoms. The highest BCUT2D eigenvalue weighted by atomic mass is 32.1. The van der Waals surface area contributed by atoms with Crippen LogP contribution in [0.5, 0.6) is 0 Å². The van der Waals surface area contributed by atoms with Crippen LogP contribution in [0, 0.1) is 0 Å². The summed E-state index contributed by atoms with van der Waals surface area (Å²) in [6.45, 7) is 0.649. The van der Waals surface area contributed by atoms with Gasteiger partial charge in [-0.15, -0.1) is 11.3 Å². The minimum Gasteiger partial charge on any atom is -0.361 e. The van der Waals surface area contributed by atoms with E-state index in [0.717, 1.165) is 24.1 Å². The Labute approximate surface area is 127 Å². The highest BCUT2D eigenvalue weighted by molar-refractivity contribution is 7.07. The Bertz CT molecular complexity index is 718. The van der Waals surface area contributed by atoms with E-state index in [9.17, 15) is 4.79 Å². The molecule has 0 spiro atoms. The summed E-state index contributed by atoms with van der Waals surface area (Å²) in [6.07, 6.45) is 4.06. The lowest BCUT2D eigenvalue weighted by atomic mass is 10.1. The minimum atomic E-state index is 0.0931. The number of carbonyl (C=O) groups excluding carboxylic acids is 1. The summed E-state index contributed by atoms with van der Waals surface area (Å²) in [7, 11) is 0. The quantitative estimate of drug-likeness (QED) is 0.735. The van der Waals surface area contributed by atoms with Crippen LogP contribution >= 0.6 is 11.3 Å². The van der Waals surface area contributed by atoms with Crippen molar-refractivity contribution < 1.29 is 4.79 Å². The van der Waals surface area contributed by atoms with E-state index in [1.165, 1.54) is 10.9 Å². The molecule has 4 nitrogen and oxygen atoms in total. The topological polar surface area (TPSA) is 57.8 Å². The van der Waals surface area contributed by atoms with Gasteiger partial charge in [0.15, 0.2) is 0 Å². The van der Waals surface area contributed by atoms with Crippen LogP contribution in [0.3, 0.4) is 0 Å². The highest BCUT2D eigenvalue weighted by Crippen LogP contribution is 2.18. The van der Waals surface area contributed by atoms with Gasteiger partial charge in [-0.3, -0.25) is 4.79 Å². The zero-order valence-electron chi connectivity index (χ0n) is 11.6. The van der Waals surface area contributed by atoms with E-state index < -0.39 is 0 Å². The molecular formula is C16H17N3OS. The van der Waals surface area contributed by atoms with Gasteiger partial charge in [-0.05, 0) is 18.1 Å². The van der Waals surface area contributed by atoms with Crippen molar-refractivity contribution in [3.8, 4) is 0 Å². The number of thiazole rings is 1. The number of nitrogens with one attached hydrogen (secondary N) is 2. The fourth-order valence-corrected chi connectivity index (χ4v) is 2.96. The smallest absolute Gasteiger partial charge is 0.220 e. The molecule has 2 aromatic heterocycles. The minimum absolute atomic E-state index is 0.0931. The zero-order chi connectivity index (χ0) is 14.5. The van der Waals surface area contributed by atoms with E-state index in [1.807, 2.05) is 35.3 Å². The monoisotopic (exact) mass is 299 g/mol. The second kappa shape index (κ2) is 6.54. The maximum atomic E-state index is 11.9. The van der Waals surface area contributed by atoms with Gasteiger partial charge in [0.1, 0.15) is 0 Å². The number of aromatic nitrogens is 2. The molecule has 1 aromatic carbocycles. The number of benzene rings is 1. The Morgan fingerprint density at radius 2 is 2.19 bits per heavy atom. The van der Waals surface area contributed by atoms with Crippen molar-refractivity contribution in [3.05, 3.63) is 52.6 Å². The van der Waals surface area contributed by atoms with Gasteiger partial charge in [-0.25, -0.2) is 4.98 Å². The van der Waals surface area contributed by atoms with Crippen molar-refractivity contribution in [1.29, 1.82) is 0 Å². The van der Waals surface area contributed by atoms with Gasteiger partial charge >= 0.3 is 0 Å². The molecule has 3 rings (SSSR count). The Hall–Kier alpha value is -2.14. The van der Waals surface area contributed by atoms with Crippen LogP contribution < -0.4 is 5.32 Å². The van der Waals surface area contributed by atoms with Gasteiger partial charge in [0.2, 0.25) is 5.91 Å². The standard InChI is InChI=1S/C16H17N3OS/c20-16(17-8-7-13-10-21-11-19-13)6-5-12-9-18-15-4-2-1-3-14(12)15/h1-4,9-11,18H,5-8H2,(H,17,20). The van der Waals surface area contributed by atoms with Gasteiger partial charge in [-0.1, -0.05) is 18.2 Å². The molecule has 0 saturated heterocycles. The molecule has 108 valence electrons. The summed E-state index contributed by atoms with van der Waals surface area (Å²) in [5.74, 6) is 0.0931. The number of aromatic amines is 1. The molecule has 0 fully saturated rings. The van der Waals surface area contributed by atoms with Crippen LogP contribution in [0.25, 0.3) is 10.9 Å². The first-order chi connectivity index (χ1) is 10.3. The van der Waals surface area contributed by atoms with Crippen molar-refractivity contribution in [2.75, 3.05) is 6.54 Å². The fourth-order valence-electron chi connectivity index (χ4n) is 2.37. The van der Waals surface area contributed by atoms with Crippen molar-refractivity contribution in [1.82, 2.24) is 15.3 Å². The van der Waals surface area contributed by atoms with Crippen LogP contribution in [0.1, 0.15) is 17.7 Å². The number of hydrogen-bond acceptors (Lipinski definition) is 3. The third-order valence-corrected chi connectivity index (χ3v) is 4.12. The van der Waals surface area contributed by atoms with E-state index >= 15 is 0 Å². The summed E-state index contributed by atoms with van der Waals surface area (Å²) in [4.78, 5) is 19.3. The normalized spacial score (nSPS) is 10.9. The molecular weight excluding hydrogens is 282 g/mol. The Morgan fingerprint density at radius 1 is 1.29 bits per heavy atom. The number of aryl methyl sites for hydroxylation is 1. The maximum absolute atomic E-state index is 11.9. The van der Waals surface area contributed by atoms with Crippen LogP contribution in [-0.2, 0) is 17.6 Å². The average Bonchev–Trinajstić information content (AvgIpc) is 3.14. The third kappa shape index (κ3) is 3.49. The number of nitrogens with zero attached hydrogens (tertiary/aromatic N) is 1. The summed E-state index contributed by atoms with van der Waals surface area (Å²) in [5.41, 5.74) is 5.17. The lowest BCUT2D eigenvalue weighted by molar-refractivity contribution is -0.121. The van der Waals surface area contributed by atoms with E-state index in [0.29, 0.717) is 13.0 Å². The first-order valence-electron chi connectivity index (χ1n) is 7.01. The van der Waals surface area contributed by atoms with Gasteiger partial charge in [0.25, 0.3) is 0 Å². The zero-order valence-corrected chi connectivity index (χ0v) is 12.5. The molecule has 0 unspecified atom stereocenters. The first kappa shape index (κ1) is 13.8. The molecule has 0 saturated carbocycles. The largest absolute Gasteiger partial charge is 0.361 e. The summed E-state index contributed by atoms with van der Waals surface area (Å²) in [6, 6.07) is 8.16. The maximum Gasteiger partial charge on any atom is 0.220 e. The molecule has 2 heterocycles. The molecule has 3 aromatic rings. The van der Waals surface area contributed by atoms with Crippen molar-refractivity contribution in [2.45, 2.75) is 19.3 Å². The molecule has 1 amide bonds. The first-order valence-corrected chi connectivity index (χ1v) is 7.96. The number of hydrogen-bond donors (Lipinski definition) is 2. The highest BCUT2D eigenvalue weighted by Gasteiger charge is 2.06. The van der Waals surface area contributed by atoms with E-state index in [1.54, 1.807) is 11.3 Å². The predicted molar refractivity (Wildman–Crippen MR) is 85.4 cm³/mol. The Morgan fingerprint density at radius 3 is 3.05 bits per heavy atom. The molecule has 0 bridgehead atoms. The number of carbonyl (C=O) groups is 1. The van der Waals surface area contributed by atoms with Gasteiger partial charge < -0.3 is 10.3 Å². The van der Waals surface area contributed by atoms with Gasteiger partial charge in [-0.2, -0.15) is 0 Å². The number of para-hydroxylation sites is 1. The van der Waals surface area contributed by atoms with E-state index in [-0.39, 0.29) is 5.91 Å². The van der Waals surface area contributed by atoms with Crippen LogP contribution in [-0.4, -0.2) is 22.4 Å². The number of fused-ring (bicyclic) bond motifs is 1. The molecule has 2 N–H and O–H groups in total. The van der Waals surface area contributed by atoms with Crippen molar-refractivity contribution >= 4 is 28.1 Å². The molecule has 0 radical (unpaired) electrons. The van der Waals surface area contributed by atoms with Gasteiger partial charge in [0, 0.05) is 41.9 Å². The van der Waals surface area contributed by atoms with E-state index in [4.69, 9.17) is 0 Å². The second-order valence-corrected chi connectivity index (χ2v) is 5.66. The summed E-state index contributed by atoms with van der Waals surface area (Å²) < 4.78 is 0. The van der Waals surface area contributed by atoms with Crippen LogP contribution in [0.4, 0.5) is 0 Å². The summed E-state index contributed by atoms with van der Waals surface area (Å²) >= 11 is 1.58. The SMILES string of the molecule is O=C(CCc1c[nH]c2ccccc12)NCCc1cscn1. The molecule has 0 aliphatic rings. The third-order valence-electron chi connectivity index (χ3n) is 3.48. The number of rotatable bonds is 6. The fraction of sp³-hybridized carbons (Fsp3) is 0.250. The summed E-state index contributed by atoms with van der Waals surface area (Å²) in [5, 5.41) is 6.16. The van der Waals surface area contributed by atoms with Crippen LogP contribution in [0.2, 0.25) is 0 Å². The predicted octanol–water partition coefficient (Wildman–Crippen LogP) is 2.92. The van der Waals surface area contributed by atoms with Crippen molar-refractivity contribution in [3.63, 3.8) is 0 Å². The lowest BCUT2D eigenvalue weighted by Crippen LogP contribution is -2.25. The van der Waals surface area contributed by atoms with E-state index in [2.05, 4.69) is 21.4 Å². The Kier molecular flexibility index (Phi) is 4.31. The van der Waals surface area contributed by atoms with Gasteiger partial charge in [0.05, 0.1) is 11.2 Å². The molecule has 0 atom stereocenters. The van der Waals surface area contributed by atoms with Crippen molar-refractivity contribution in [2.24, 2.45) is 0 Å². The Balaban J connectivity index is 1.47. The lowest BCUT2D eigenvalue weighted by Gasteiger charge is -2.03. The van der Waals surface area contributed by atoms with Crippen LogP contribution in [0.15, 0.2) is 41.4 Å². The molecule has 0 aliphatic carbocycles.